The Kier molecular flexibility index (Phi) is 6.80. The Morgan fingerprint density at radius 1 is 1.33 bits per heavy atom. The maximum Gasteiger partial charge on any atom is 0.253 e. The van der Waals surface area contributed by atoms with E-state index < -0.39 is 17.9 Å². The number of benzene rings is 1. The van der Waals surface area contributed by atoms with Crippen LogP contribution in [0.4, 0.5) is 0 Å². The van der Waals surface area contributed by atoms with Crippen molar-refractivity contribution in [3.05, 3.63) is 34.3 Å². The summed E-state index contributed by atoms with van der Waals surface area (Å²) in [7, 11) is 1.58. The van der Waals surface area contributed by atoms with Gasteiger partial charge in [0.25, 0.3) is 5.91 Å². The van der Waals surface area contributed by atoms with Crippen LogP contribution in [0.5, 0.6) is 0 Å². The van der Waals surface area contributed by atoms with Crippen LogP contribution in [-0.2, 0) is 4.79 Å². The molecule has 3 N–H and O–H groups in total. The summed E-state index contributed by atoms with van der Waals surface area (Å²) < 4.78 is 0.869. The molecule has 1 aromatic carbocycles. The first-order valence-corrected chi connectivity index (χ1v) is 7.27. The van der Waals surface area contributed by atoms with Gasteiger partial charge in [-0.2, -0.15) is 0 Å². The number of carbonyl (C=O) groups is 2. The van der Waals surface area contributed by atoms with E-state index in [-0.39, 0.29) is 18.9 Å². The molecule has 1 rings (SSSR count). The second-order valence-corrected chi connectivity index (χ2v) is 5.79. The molecule has 0 aliphatic rings. The van der Waals surface area contributed by atoms with E-state index in [1.165, 1.54) is 4.90 Å². The zero-order chi connectivity index (χ0) is 16.0. The highest BCUT2D eigenvalue weighted by atomic mass is 79.9. The van der Waals surface area contributed by atoms with Crippen molar-refractivity contribution in [2.45, 2.75) is 19.4 Å². The van der Waals surface area contributed by atoms with Crippen LogP contribution in [0.15, 0.2) is 28.7 Å². The Morgan fingerprint density at radius 3 is 2.38 bits per heavy atom. The van der Waals surface area contributed by atoms with Gasteiger partial charge >= 0.3 is 0 Å². The molecule has 2 amide bonds. The summed E-state index contributed by atoms with van der Waals surface area (Å²) in [6, 6.07) is 6.38. The molecule has 0 aromatic heterocycles. The number of carbonyl (C=O) groups excluding carboxylic acids is 2. The molecule has 0 saturated heterocycles. The van der Waals surface area contributed by atoms with E-state index in [1.54, 1.807) is 43.7 Å². The van der Waals surface area contributed by atoms with Gasteiger partial charge in [-0.15, -0.1) is 0 Å². The molecule has 0 aliphatic heterocycles. The normalized spacial score (nSPS) is 13.4. The fraction of sp³-hybridized carbons (Fsp3) is 0.429. The fourth-order valence-corrected chi connectivity index (χ4v) is 2.21. The molecule has 0 radical (unpaired) electrons. The molecule has 21 heavy (non-hydrogen) atoms. The third-order valence-corrected chi connectivity index (χ3v) is 3.88. The van der Waals surface area contributed by atoms with E-state index in [9.17, 15) is 14.7 Å². The number of nitrogens with one attached hydrogen (secondary N) is 1. The van der Waals surface area contributed by atoms with Crippen molar-refractivity contribution < 1.29 is 19.9 Å². The average Bonchev–Trinajstić information content (AvgIpc) is 2.50. The van der Waals surface area contributed by atoms with E-state index in [1.807, 2.05) is 0 Å². The zero-order valence-electron chi connectivity index (χ0n) is 11.9. The van der Waals surface area contributed by atoms with Crippen LogP contribution in [0.25, 0.3) is 0 Å². The number of amides is 2. The van der Waals surface area contributed by atoms with Crippen LogP contribution in [0.2, 0.25) is 0 Å². The molecule has 0 saturated carbocycles. The standard InChI is InChI=1S/C14H19BrN2O4/c1-9(13(19)16-21)7-12(8-18)17(2)14(20)10-3-5-11(15)6-4-10/h3-6,9,12,18,21H,7-8H2,1-2H3,(H,16,19)/t9-,12-/m0/s1. The summed E-state index contributed by atoms with van der Waals surface area (Å²) in [6.45, 7) is 1.36. The molecule has 0 fully saturated rings. The molecular weight excluding hydrogens is 340 g/mol. The van der Waals surface area contributed by atoms with Gasteiger partial charge < -0.3 is 10.0 Å². The van der Waals surface area contributed by atoms with Gasteiger partial charge in [0.2, 0.25) is 5.91 Å². The Bertz CT molecular complexity index is 492. The molecule has 7 heteroatoms. The lowest BCUT2D eigenvalue weighted by molar-refractivity contribution is -0.133. The molecule has 0 aliphatic carbocycles. The molecule has 0 heterocycles. The number of nitrogens with zero attached hydrogens (tertiary/aromatic N) is 1. The van der Waals surface area contributed by atoms with Gasteiger partial charge in [0.15, 0.2) is 0 Å². The first-order valence-electron chi connectivity index (χ1n) is 6.48. The van der Waals surface area contributed by atoms with E-state index in [0.717, 1.165) is 4.47 Å². The highest BCUT2D eigenvalue weighted by Gasteiger charge is 2.25. The number of hydrogen-bond acceptors (Lipinski definition) is 4. The van der Waals surface area contributed by atoms with Crippen molar-refractivity contribution >= 4 is 27.7 Å². The lowest BCUT2D eigenvalue weighted by Gasteiger charge is -2.28. The predicted molar refractivity (Wildman–Crippen MR) is 80.8 cm³/mol. The molecule has 116 valence electrons. The minimum Gasteiger partial charge on any atom is -0.394 e. The molecule has 0 spiro atoms. The van der Waals surface area contributed by atoms with E-state index in [2.05, 4.69) is 15.9 Å². The van der Waals surface area contributed by atoms with Gasteiger partial charge in [0.05, 0.1) is 12.6 Å². The second-order valence-electron chi connectivity index (χ2n) is 4.87. The Balaban J connectivity index is 2.78. The van der Waals surface area contributed by atoms with Crippen LogP contribution in [-0.4, -0.2) is 46.7 Å². The lowest BCUT2D eigenvalue weighted by atomic mass is 10.00. The SMILES string of the molecule is C[C@@H](C[C@@H](CO)N(C)C(=O)c1ccc(Br)cc1)C(=O)NO. The predicted octanol–water partition coefficient (Wildman–Crippen LogP) is 1.41. The number of halogens is 1. The van der Waals surface area contributed by atoms with Crippen LogP contribution < -0.4 is 5.48 Å². The number of aliphatic hydroxyl groups is 1. The van der Waals surface area contributed by atoms with Crippen molar-refractivity contribution in [1.82, 2.24) is 10.4 Å². The van der Waals surface area contributed by atoms with Gasteiger partial charge in [-0.1, -0.05) is 22.9 Å². The largest absolute Gasteiger partial charge is 0.394 e. The summed E-state index contributed by atoms with van der Waals surface area (Å²) >= 11 is 3.30. The molecule has 1 aromatic rings. The average molecular weight is 359 g/mol. The smallest absolute Gasteiger partial charge is 0.253 e. The van der Waals surface area contributed by atoms with Gasteiger partial charge in [-0.3, -0.25) is 14.8 Å². The minimum atomic E-state index is -0.544. The maximum atomic E-state index is 12.3. The third kappa shape index (κ3) is 4.80. The molecule has 6 nitrogen and oxygen atoms in total. The number of hydroxylamine groups is 1. The summed E-state index contributed by atoms with van der Waals surface area (Å²) in [5.41, 5.74) is 2.07. The Labute approximate surface area is 131 Å². The van der Waals surface area contributed by atoms with Crippen LogP contribution in [0.1, 0.15) is 23.7 Å². The van der Waals surface area contributed by atoms with Crippen molar-refractivity contribution in [1.29, 1.82) is 0 Å². The lowest BCUT2D eigenvalue weighted by Crippen LogP contribution is -2.42. The van der Waals surface area contributed by atoms with Crippen molar-refractivity contribution in [2.24, 2.45) is 5.92 Å². The molecule has 2 atom stereocenters. The minimum absolute atomic E-state index is 0.238. The van der Waals surface area contributed by atoms with Crippen molar-refractivity contribution in [3.63, 3.8) is 0 Å². The summed E-state index contributed by atoms with van der Waals surface area (Å²) in [6.07, 6.45) is 0.252. The summed E-state index contributed by atoms with van der Waals surface area (Å²) in [5.74, 6) is -1.30. The topological polar surface area (TPSA) is 89.9 Å². The molecule has 0 unspecified atom stereocenters. The van der Waals surface area contributed by atoms with Gasteiger partial charge in [-0.25, -0.2) is 5.48 Å². The van der Waals surface area contributed by atoms with E-state index >= 15 is 0 Å². The Hall–Kier alpha value is -1.44. The van der Waals surface area contributed by atoms with E-state index in [4.69, 9.17) is 5.21 Å². The quantitative estimate of drug-likeness (QED) is 0.529. The fourth-order valence-electron chi connectivity index (χ4n) is 1.94. The monoisotopic (exact) mass is 358 g/mol. The maximum absolute atomic E-state index is 12.3. The number of likely N-dealkylation sites (N-methyl/N-ethyl adjacent to an activating group) is 1. The van der Waals surface area contributed by atoms with Crippen molar-refractivity contribution in [3.8, 4) is 0 Å². The molecule has 0 bridgehead atoms. The molecular formula is C14H19BrN2O4. The highest BCUT2D eigenvalue weighted by Crippen LogP contribution is 2.16. The first-order chi connectivity index (χ1) is 9.90. The van der Waals surface area contributed by atoms with Gasteiger partial charge in [0.1, 0.15) is 0 Å². The van der Waals surface area contributed by atoms with Crippen LogP contribution >= 0.6 is 15.9 Å². The Morgan fingerprint density at radius 2 is 1.90 bits per heavy atom. The van der Waals surface area contributed by atoms with Crippen molar-refractivity contribution in [2.75, 3.05) is 13.7 Å². The van der Waals surface area contributed by atoms with E-state index in [0.29, 0.717) is 5.56 Å². The number of hydrogen-bond donors (Lipinski definition) is 3. The number of aliphatic hydroxyl groups excluding tert-OH is 1. The second kappa shape index (κ2) is 8.11. The van der Waals surface area contributed by atoms with Gasteiger partial charge in [0, 0.05) is 23.0 Å². The van der Waals surface area contributed by atoms with Crippen LogP contribution in [0.3, 0.4) is 0 Å². The van der Waals surface area contributed by atoms with Gasteiger partial charge in [-0.05, 0) is 30.7 Å². The highest BCUT2D eigenvalue weighted by molar-refractivity contribution is 9.10. The first kappa shape index (κ1) is 17.6. The van der Waals surface area contributed by atoms with Crippen LogP contribution in [0, 0.1) is 5.92 Å². The number of rotatable bonds is 6. The third-order valence-electron chi connectivity index (χ3n) is 3.35. The summed E-state index contributed by atoms with van der Waals surface area (Å²) in [5, 5.41) is 18.0. The summed E-state index contributed by atoms with van der Waals surface area (Å²) in [4.78, 5) is 25.0. The zero-order valence-corrected chi connectivity index (χ0v) is 13.5.